The van der Waals surface area contributed by atoms with Gasteiger partial charge in [0.1, 0.15) is 5.75 Å². The molecule has 0 bridgehead atoms. The van der Waals surface area contributed by atoms with Gasteiger partial charge in [0.05, 0.1) is 0 Å². The summed E-state index contributed by atoms with van der Waals surface area (Å²) < 4.78 is 45.5. The molecule has 3 aromatic rings. The van der Waals surface area contributed by atoms with Crippen molar-refractivity contribution in [2.75, 3.05) is 5.32 Å². The highest BCUT2D eigenvalue weighted by molar-refractivity contribution is 6.35. The molecule has 0 unspecified atom stereocenters. The van der Waals surface area contributed by atoms with E-state index in [2.05, 4.69) is 20.3 Å². The largest absolute Gasteiger partial charge is 0.573 e. The van der Waals surface area contributed by atoms with Crippen LogP contribution in [0.2, 0.25) is 10.0 Å². The summed E-state index contributed by atoms with van der Waals surface area (Å²) in [6, 6.07) is 8.75. The first-order valence-corrected chi connectivity index (χ1v) is 7.92. The number of anilines is 1. The van der Waals surface area contributed by atoms with Crippen LogP contribution >= 0.6 is 23.2 Å². The van der Waals surface area contributed by atoms with Gasteiger partial charge in [-0.25, -0.2) is 0 Å². The molecule has 0 fully saturated rings. The Hall–Kier alpha value is -2.78. The maximum Gasteiger partial charge on any atom is 0.573 e. The summed E-state index contributed by atoms with van der Waals surface area (Å²) in [6.07, 6.45) is -4.81. The summed E-state index contributed by atoms with van der Waals surface area (Å²) in [5.41, 5.74) is 0.518. The van der Waals surface area contributed by atoms with Crippen molar-refractivity contribution in [3.05, 3.63) is 58.1 Å². The number of hydrogen-bond acceptors (Lipinski definition) is 5. The standard InChI is InChI=1S/C16H8Cl2F3N3O3/c17-10-5-9(6-11(18)7-10)14-23-24-15(26-14)22-13(25)8-1-3-12(4-2-8)27-16(19,20)21/h1-7H,(H,22,24,25). The number of rotatable bonds is 4. The van der Waals surface area contributed by atoms with E-state index >= 15 is 0 Å². The van der Waals surface area contributed by atoms with Gasteiger partial charge in [0, 0.05) is 21.2 Å². The fraction of sp³-hybridized carbons (Fsp3) is 0.0625. The van der Waals surface area contributed by atoms with Crippen molar-refractivity contribution < 1.29 is 27.1 Å². The Morgan fingerprint density at radius 3 is 2.26 bits per heavy atom. The van der Waals surface area contributed by atoms with E-state index in [-0.39, 0.29) is 17.5 Å². The first-order chi connectivity index (χ1) is 12.7. The molecule has 0 saturated heterocycles. The smallest absolute Gasteiger partial charge is 0.406 e. The number of nitrogens with one attached hydrogen (secondary N) is 1. The molecule has 0 aliphatic carbocycles. The molecule has 1 heterocycles. The van der Waals surface area contributed by atoms with E-state index in [0.717, 1.165) is 24.3 Å². The van der Waals surface area contributed by atoms with Crippen LogP contribution in [-0.2, 0) is 0 Å². The number of amides is 1. The van der Waals surface area contributed by atoms with Crippen LogP contribution in [0.3, 0.4) is 0 Å². The Kier molecular flexibility index (Phi) is 5.24. The van der Waals surface area contributed by atoms with Gasteiger partial charge >= 0.3 is 12.4 Å². The van der Waals surface area contributed by atoms with Gasteiger partial charge in [-0.1, -0.05) is 28.3 Å². The Morgan fingerprint density at radius 1 is 1.04 bits per heavy atom. The van der Waals surface area contributed by atoms with E-state index in [1.165, 1.54) is 6.07 Å². The van der Waals surface area contributed by atoms with E-state index in [4.69, 9.17) is 27.6 Å². The Labute approximate surface area is 159 Å². The fourth-order valence-corrected chi connectivity index (χ4v) is 2.57. The van der Waals surface area contributed by atoms with Crippen LogP contribution in [-0.4, -0.2) is 22.5 Å². The predicted molar refractivity (Wildman–Crippen MR) is 90.8 cm³/mol. The summed E-state index contributed by atoms with van der Waals surface area (Å²) >= 11 is 11.8. The number of benzene rings is 2. The molecule has 6 nitrogen and oxygen atoms in total. The van der Waals surface area contributed by atoms with Crippen molar-refractivity contribution in [1.82, 2.24) is 10.2 Å². The minimum atomic E-state index is -4.81. The molecule has 1 N–H and O–H groups in total. The number of alkyl halides is 3. The molecule has 140 valence electrons. The molecular formula is C16H8Cl2F3N3O3. The minimum Gasteiger partial charge on any atom is -0.406 e. The monoisotopic (exact) mass is 417 g/mol. The van der Waals surface area contributed by atoms with Crippen molar-refractivity contribution >= 4 is 35.1 Å². The quantitative estimate of drug-likeness (QED) is 0.631. The zero-order chi connectivity index (χ0) is 19.6. The van der Waals surface area contributed by atoms with Crippen LogP contribution in [0.5, 0.6) is 5.75 Å². The molecule has 0 aliphatic heterocycles. The highest BCUT2D eigenvalue weighted by atomic mass is 35.5. The van der Waals surface area contributed by atoms with E-state index in [0.29, 0.717) is 15.6 Å². The third kappa shape index (κ3) is 5.11. The van der Waals surface area contributed by atoms with Crippen molar-refractivity contribution in [3.63, 3.8) is 0 Å². The minimum absolute atomic E-state index is 0.0649. The molecular weight excluding hydrogens is 410 g/mol. The van der Waals surface area contributed by atoms with Crippen LogP contribution in [0.4, 0.5) is 19.2 Å². The molecule has 11 heteroatoms. The summed E-state index contributed by atoms with van der Waals surface area (Å²) in [5, 5.41) is 10.5. The Balaban J connectivity index is 1.70. The van der Waals surface area contributed by atoms with E-state index in [1.54, 1.807) is 12.1 Å². The zero-order valence-corrected chi connectivity index (χ0v) is 14.6. The van der Waals surface area contributed by atoms with Crippen molar-refractivity contribution in [2.45, 2.75) is 6.36 Å². The Morgan fingerprint density at radius 2 is 1.67 bits per heavy atom. The van der Waals surface area contributed by atoms with Crippen molar-refractivity contribution in [1.29, 1.82) is 0 Å². The maximum absolute atomic E-state index is 12.1. The third-order valence-corrected chi connectivity index (χ3v) is 3.54. The number of carbonyl (C=O) groups is 1. The lowest BCUT2D eigenvalue weighted by Gasteiger charge is -2.08. The van der Waals surface area contributed by atoms with Gasteiger partial charge in [0.2, 0.25) is 5.89 Å². The summed E-state index contributed by atoms with van der Waals surface area (Å²) in [6.45, 7) is 0. The average molecular weight is 418 g/mol. The van der Waals surface area contributed by atoms with E-state index < -0.39 is 18.0 Å². The predicted octanol–water partition coefficient (Wildman–Crippen LogP) is 5.19. The molecule has 2 aromatic carbocycles. The van der Waals surface area contributed by atoms with Crippen LogP contribution in [0.15, 0.2) is 46.9 Å². The fourth-order valence-electron chi connectivity index (χ4n) is 2.04. The first kappa shape index (κ1) is 19.0. The lowest BCUT2D eigenvalue weighted by atomic mass is 10.2. The topological polar surface area (TPSA) is 77.3 Å². The molecule has 0 spiro atoms. The van der Waals surface area contributed by atoms with Crippen molar-refractivity contribution in [2.24, 2.45) is 0 Å². The molecule has 0 saturated carbocycles. The molecule has 0 atom stereocenters. The van der Waals surface area contributed by atoms with Crippen LogP contribution in [0.25, 0.3) is 11.5 Å². The molecule has 0 aliphatic rings. The number of halogens is 5. The van der Waals surface area contributed by atoms with Gasteiger partial charge in [-0.15, -0.1) is 18.3 Å². The molecule has 0 radical (unpaired) electrons. The first-order valence-electron chi connectivity index (χ1n) is 7.17. The number of ether oxygens (including phenoxy) is 1. The Bertz CT molecular complexity index is 955. The number of nitrogens with zero attached hydrogens (tertiary/aromatic N) is 2. The lowest BCUT2D eigenvalue weighted by molar-refractivity contribution is -0.274. The summed E-state index contributed by atoms with van der Waals surface area (Å²) in [5.74, 6) is -1.03. The highest BCUT2D eigenvalue weighted by Crippen LogP contribution is 2.27. The van der Waals surface area contributed by atoms with Gasteiger partial charge < -0.3 is 9.15 Å². The van der Waals surface area contributed by atoms with Crippen LogP contribution in [0, 0.1) is 0 Å². The second kappa shape index (κ2) is 7.45. The molecule has 1 aromatic heterocycles. The third-order valence-electron chi connectivity index (χ3n) is 3.11. The van der Waals surface area contributed by atoms with Gasteiger partial charge in [-0.05, 0) is 42.5 Å². The second-order valence-corrected chi connectivity index (χ2v) is 5.97. The molecule has 1 amide bonds. The van der Waals surface area contributed by atoms with Gasteiger partial charge in [0.15, 0.2) is 0 Å². The van der Waals surface area contributed by atoms with Crippen LogP contribution in [0.1, 0.15) is 10.4 Å². The maximum atomic E-state index is 12.1. The lowest BCUT2D eigenvalue weighted by Crippen LogP contribution is -2.17. The SMILES string of the molecule is O=C(Nc1nnc(-c2cc(Cl)cc(Cl)c2)o1)c1ccc(OC(F)(F)F)cc1. The van der Waals surface area contributed by atoms with Crippen LogP contribution < -0.4 is 10.1 Å². The normalized spacial score (nSPS) is 11.3. The van der Waals surface area contributed by atoms with Crippen molar-refractivity contribution in [3.8, 4) is 17.2 Å². The number of aromatic nitrogens is 2. The number of carbonyl (C=O) groups excluding carboxylic acids is 1. The second-order valence-electron chi connectivity index (χ2n) is 5.10. The number of hydrogen-bond donors (Lipinski definition) is 1. The van der Waals surface area contributed by atoms with E-state index in [1.807, 2.05) is 0 Å². The average Bonchev–Trinajstić information content (AvgIpc) is 3.01. The summed E-state index contributed by atoms with van der Waals surface area (Å²) in [7, 11) is 0. The molecule has 3 rings (SSSR count). The molecule has 27 heavy (non-hydrogen) atoms. The van der Waals surface area contributed by atoms with Gasteiger partial charge in [-0.3, -0.25) is 10.1 Å². The van der Waals surface area contributed by atoms with Gasteiger partial charge in [0.25, 0.3) is 5.91 Å². The van der Waals surface area contributed by atoms with E-state index in [9.17, 15) is 18.0 Å². The summed E-state index contributed by atoms with van der Waals surface area (Å²) in [4.78, 5) is 12.1. The highest BCUT2D eigenvalue weighted by Gasteiger charge is 2.31. The zero-order valence-electron chi connectivity index (χ0n) is 13.1. The van der Waals surface area contributed by atoms with Gasteiger partial charge in [-0.2, -0.15) is 0 Å².